The second kappa shape index (κ2) is 13.9. The Labute approximate surface area is 265 Å². The Bertz CT molecular complexity index is 1910. The molecule has 0 fully saturated rings. The third-order valence-corrected chi connectivity index (χ3v) is 9.80. The van der Waals surface area contributed by atoms with Crippen molar-refractivity contribution in [2.45, 2.75) is 29.7 Å². The average molecular weight is 642 g/mol. The smallest absolute Gasteiger partial charge is 0.440 e. The van der Waals surface area contributed by atoms with Crippen LogP contribution in [0.15, 0.2) is 101 Å². The van der Waals surface area contributed by atoms with Crippen LogP contribution in [0.2, 0.25) is 0 Å². The summed E-state index contributed by atoms with van der Waals surface area (Å²) in [4.78, 5) is 30.9. The molecule has 2 N–H and O–H groups in total. The zero-order valence-electron chi connectivity index (χ0n) is 25.1. The van der Waals surface area contributed by atoms with Crippen LogP contribution in [0.25, 0.3) is 23.1 Å². The van der Waals surface area contributed by atoms with Gasteiger partial charge in [0, 0.05) is 28.4 Å². The maximum absolute atomic E-state index is 14.9. The summed E-state index contributed by atoms with van der Waals surface area (Å²) in [5.41, 5.74) is 3.24. The number of hydrogen-bond donors (Lipinski definition) is 2. The molecular weight excluding hydrogens is 609 g/mol. The van der Waals surface area contributed by atoms with Crippen molar-refractivity contribution < 1.29 is 23.4 Å². The number of hydrogen-bond acceptors (Lipinski definition) is 8. The van der Waals surface area contributed by atoms with Crippen molar-refractivity contribution in [3.63, 3.8) is 0 Å². The van der Waals surface area contributed by atoms with Gasteiger partial charge in [-0.05, 0) is 80.6 Å². The Kier molecular flexibility index (Phi) is 9.83. The number of carbonyl (C=O) groups excluding carboxylic acids is 2. The zero-order chi connectivity index (χ0) is 32.0. The van der Waals surface area contributed by atoms with Crippen LogP contribution in [0.4, 0.5) is 0 Å². The van der Waals surface area contributed by atoms with E-state index < -0.39 is 19.7 Å². The van der Waals surface area contributed by atoms with Gasteiger partial charge in [0.05, 0.1) is 29.6 Å². The number of pyridine rings is 1. The molecule has 0 bridgehead atoms. The molecule has 2 heterocycles. The van der Waals surface area contributed by atoms with Crippen molar-refractivity contribution in [1.82, 2.24) is 24.9 Å². The summed E-state index contributed by atoms with van der Waals surface area (Å²) in [5.74, 6) is -0.493. The molecule has 2 aromatic heterocycles. The van der Waals surface area contributed by atoms with Gasteiger partial charge in [-0.1, -0.05) is 47.7 Å². The number of aryl methyl sites for hydroxylation is 1. The van der Waals surface area contributed by atoms with E-state index in [4.69, 9.17) is 14.4 Å². The zero-order valence-corrected chi connectivity index (χ0v) is 26.8. The number of nitrogens with zero attached hydrogens (tertiary/aromatic N) is 3. The van der Waals surface area contributed by atoms with Crippen molar-refractivity contribution in [3.8, 4) is 5.75 Å². The third kappa shape index (κ3) is 7.34. The van der Waals surface area contributed by atoms with E-state index in [1.807, 2.05) is 73.7 Å². The molecule has 230 valence electrons. The number of aromatic nitrogens is 3. The van der Waals surface area contributed by atoms with Gasteiger partial charge in [-0.2, -0.15) is 9.55 Å². The van der Waals surface area contributed by atoms with E-state index in [1.54, 1.807) is 50.5 Å². The Balaban J connectivity index is 1.67. The number of fused-ring (bicyclic) bond motifs is 1. The highest BCUT2D eigenvalue weighted by atomic mass is 32.2. The van der Waals surface area contributed by atoms with Crippen LogP contribution < -0.4 is 14.9 Å². The quantitative estimate of drug-likeness (QED) is 0.121. The van der Waals surface area contributed by atoms with Crippen LogP contribution in [0.5, 0.6) is 5.75 Å². The molecule has 10 nitrogen and oxygen atoms in total. The lowest BCUT2D eigenvalue weighted by atomic mass is 10.2. The largest absolute Gasteiger partial charge is 0.468 e. The van der Waals surface area contributed by atoms with Gasteiger partial charge in [-0.3, -0.25) is 14.6 Å². The standard InChI is InChI=1S/C33H32N5O5PS/c1-22-12-15-25(16-13-22)43-44(41,37-23(2)33(40)42-4)38-30-21-26(45-31-11-6-5-10-28(31)32(39)34-3)17-18-27(30)29(36-38)19-14-24-9-7-8-20-35-24/h5-21,23H,1-4H3,(H,34,39)(H,37,41)/b19-14+. The molecule has 0 aliphatic rings. The maximum atomic E-state index is 14.9. The summed E-state index contributed by atoms with van der Waals surface area (Å²) < 4.78 is 27.3. The van der Waals surface area contributed by atoms with Crippen molar-refractivity contribution in [3.05, 3.63) is 114 Å². The predicted octanol–water partition coefficient (Wildman–Crippen LogP) is 6.61. The van der Waals surface area contributed by atoms with Crippen molar-refractivity contribution >= 4 is 54.4 Å². The highest BCUT2D eigenvalue weighted by Crippen LogP contribution is 2.48. The van der Waals surface area contributed by atoms with Crippen molar-refractivity contribution in [2.75, 3.05) is 14.2 Å². The number of benzene rings is 3. The third-order valence-electron chi connectivity index (χ3n) is 6.76. The fourth-order valence-electron chi connectivity index (χ4n) is 4.47. The summed E-state index contributed by atoms with van der Waals surface area (Å²) >= 11 is 1.38. The van der Waals surface area contributed by atoms with E-state index in [0.29, 0.717) is 27.9 Å². The first-order valence-electron chi connectivity index (χ1n) is 14.0. The fourth-order valence-corrected chi connectivity index (χ4v) is 7.35. The van der Waals surface area contributed by atoms with Crippen LogP contribution in [0, 0.1) is 6.92 Å². The molecule has 0 aliphatic carbocycles. The van der Waals surface area contributed by atoms with Gasteiger partial charge in [0.1, 0.15) is 11.8 Å². The van der Waals surface area contributed by atoms with E-state index in [2.05, 4.69) is 15.4 Å². The monoisotopic (exact) mass is 641 g/mol. The summed E-state index contributed by atoms with van der Waals surface area (Å²) in [7, 11) is -1.31. The van der Waals surface area contributed by atoms with E-state index in [1.165, 1.54) is 23.3 Å². The van der Waals surface area contributed by atoms with Gasteiger partial charge in [-0.25, -0.2) is 9.65 Å². The SMILES string of the molecule is CNC(=O)c1ccccc1Sc1ccc2c(/C=C/c3ccccn3)nn(P(=O)(NC(C)C(=O)OC)Oc3ccc(C)cc3)c2c1. The van der Waals surface area contributed by atoms with Crippen molar-refractivity contribution in [2.24, 2.45) is 0 Å². The second-order valence-corrected chi connectivity index (χ2v) is 13.0. The molecule has 0 saturated heterocycles. The van der Waals surface area contributed by atoms with Crippen LogP contribution in [-0.4, -0.2) is 46.6 Å². The van der Waals surface area contributed by atoms with Gasteiger partial charge in [0.25, 0.3) is 5.91 Å². The molecule has 0 spiro atoms. The molecule has 2 unspecified atom stereocenters. The van der Waals surface area contributed by atoms with E-state index >= 15 is 0 Å². The fraction of sp³-hybridized carbons (Fsp3) is 0.152. The van der Waals surface area contributed by atoms with E-state index in [9.17, 15) is 14.2 Å². The normalized spacial score (nSPS) is 13.3. The molecule has 2 atom stereocenters. The number of methoxy groups -OCH3 is 1. The minimum Gasteiger partial charge on any atom is -0.468 e. The Morgan fingerprint density at radius 3 is 2.47 bits per heavy atom. The summed E-state index contributed by atoms with van der Waals surface area (Å²) in [6, 6.07) is 24.6. The molecule has 5 aromatic rings. The highest BCUT2D eigenvalue weighted by molar-refractivity contribution is 7.99. The Morgan fingerprint density at radius 1 is 1.00 bits per heavy atom. The lowest BCUT2D eigenvalue weighted by Gasteiger charge is -2.23. The van der Waals surface area contributed by atoms with E-state index in [0.717, 1.165) is 21.0 Å². The minimum atomic E-state index is -4.15. The van der Waals surface area contributed by atoms with Crippen LogP contribution >= 0.6 is 19.4 Å². The second-order valence-electron chi connectivity index (χ2n) is 10.0. The summed E-state index contributed by atoms with van der Waals surface area (Å²) in [6.07, 6.45) is 5.29. The van der Waals surface area contributed by atoms with Crippen LogP contribution in [0.3, 0.4) is 0 Å². The number of carbonyl (C=O) groups is 2. The predicted molar refractivity (Wildman–Crippen MR) is 176 cm³/mol. The Morgan fingerprint density at radius 2 is 1.76 bits per heavy atom. The first kappa shape index (κ1) is 31.7. The lowest BCUT2D eigenvalue weighted by molar-refractivity contribution is -0.142. The molecule has 12 heteroatoms. The summed E-state index contributed by atoms with van der Waals surface area (Å²) in [6.45, 7) is 3.48. The van der Waals surface area contributed by atoms with Crippen LogP contribution in [-0.2, 0) is 14.1 Å². The van der Waals surface area contributed by atoms with Crippen LogP contribution in [0.1, 0.15) is 34.2 Å². The molecule has 5 rings (SSSR count). The molecule has 0 radical (unpaired) electrons. The number of nitrogens with one attached hydrogen (secondary N) is 2. The first-order valence-corrected chi connectivity index (χ1v) is 16.4. The van der Waals surface area contributed by atoms with Gasteiger partial charge in [-0.15, -0.1) is 0 Å². The van der Waals surface area contributed by atoms with Gasteiger partial charge >= 0.3 is 13.6 Å². The topological polar surface area (TPSA) is 124 Å². The van der Waals surface area contributed by atoms with Gasteiger partial charge in [0.2, 0.25) is 0 Å². The molecule has 0 aliphatic heterocycles. The van der Waals surface area contributed by atoms with Crippen molar-refractivity contribution in [1.29, 1.82) is 0 Å². The minimum absolute atomic E-state index is 0.205. The van der Waals surface area contributed by atoms with E-state index in [-0.39, 0.29) is 5.91 Å². The molecular formula is C33H32N5O5PS. The van der Waals surface area contributed by atoms with Gasteiger partial charge < -0.3 is 14.6 Å². The summed E-state index contributed by atoms with van der Waals surface area (Å²) in [5, 5.41) is 11.0. The first-order chi connectivity index (χ1) is 21.7. The number of esters is 1. The average Bonchev–Trinajstić information content (AvgIpc) is 3.43. The molecule has 3 aromatic carbocycles. The molecule has 45 heavy (non-hydrogen) atoms. The number of ether oxygens (including phenoxy) is 1. The number of amides is 1. The lowest BCUT2D eigenvalue weighted by Crippen LogP contribution is -2.36. The molecule has 1 amide bonds. The maximum Gasteiger partial charge on any atom is 0.440 e. The number of rotatable bonds is 11. The van der Waals surface area contributed by atoms with Gasteiger partial charge in [0.15, 0.2) is 0 Å². The molecule has 0 saturated carbocycles. The highest BCUT2D eigenvalue weighted by Gasteiger charge is 2.35. The Hall–Kier alpha value is -4.70.